The van der Waals surface area contributed by atoms with Gasteiger partial charge in [0.2, 0.25) is 5.78 Å². The van der Waals surface area contributed by atoms with E-state index < -0.39 is 0 Å². The molecule has 3 atom stereocenters. The molecule has 1 N–H and O–H groups in total. The first-order valence-corrected chi connectivity index (χ1v) is 7.13. The number of carbonyl (C=O) groups is 1. The van der Waals surface area contributed by atoms with Gasteiger partial charge in [-0.05, 0) is 19.8 Å². The van der Waals surface area contributed by atoms with Crippen LogP contribution in [0.5, 0.6) is 0 Å². The summed E-state index contributed by atoms with van der Waals surface area (Å²) in [6, 6.07) is 10.5. The van der Waals surface area contributed by atoms with E-state index in [4.69, 9.17) is 0 Å². The molecule has 0 amide bonds. The maximum absolute atomic E-state index is 12.4. The Kier molecular flexibility index (Phi) is 4.46. The van der Waals surface area contributed by atoms with Crippen molar-refractivity contribution in [2.75, 3.05) is 6.54 Å². The van der Waals surface area contributed by atoms with E-state index in [1.807, 2.05) is 30.3 Å². The number of quaternary nitrogens is 1. The summed E-state index contributed by atoms with van der Waals surface area (Å²) in [6.45, 7) is 3.06. The summed E-state index contributed by atoms with van der Waals surface area (Å²) in [7, 11) is 0. The largest absolute Gasteiger partial charge is 1.00 e. The molecule has 1 aromatic carbocycles. The molecule has 0 aliphatic carbocycles. The third kappa shape index (κ3) is 2.77. The molecular weight excluding hydrogens is 302 g/mol. The summed E-state index contributed by atoms with van der Waals surface area (Å²) in [4.78, 5) is 13.9. The molecule has 2 aliphatic rings. The predicted octanol–water partition coefficient (Wildman–Crippen LogP) is -1.14. The number of piperidine rings is 1. The Morgan fingerprint density at radius 2 is 2.00 bits per heavy atom. The average Bonchev–Trinajstić information content (AvgIpc) is 2.58. The average molecular weight is 324 g/mol. The highest BCUT2D eigenvalue weighted by Gasteiger charge is 2.49. The van der Waals surface area contributed by atoms with E-state index in [0.29, 0.717) is 17.9 Å². The van der Waals surface area contributed by atoms with Crippen LogP contribution in [0.2, 0.25) is 0 Å². The van der Waals surface area contributed by atoms with Gasteiger partial charge in [0.15, 0.2) is 0 Å². The lowest BCUT2D eigenvalue weighted by atomic mass is 9.90. The number of ketones is 1. The highest BCUT2D eigenvalue weighted by molar-refractivity contribution is 5.96. The first kappa shape index (κ1) is 14.7. The zero-order valence-corrected chi connectivity index (χ0v) is 13.1. The molecule has 2 aliphatic heterocycles. The fraction of sp³-hybridized carbons (Fsp3) is 0.562. The Morgan fingerprint density at radius 1 is 1.26 bits per heavy atom. The first-order valence-electron chi connectivity index (χ1n) is 7.13. The van der Waals surface area contributed by atoms with Gasteiger partial charge >= 0.3 is 0 Å². The summed E-state index contributed by atoms with van der Waals surface area (Å²) >= 11 is 0. The molecule has 19 heavy (non-hydrogen) atoms. The number of Topliss-reactive ketones (excluding diaryl/α,β-unsaturated/α-hetero) is 1. The number of hydrogen-bond donors (Lipinski definition) is 1. The molecule has 3 heteroatoms. The Bertz CT molecular complexity index is 443. The Morgan fingerprint density at radius 3 is 2.68 bits per heavy atom. The second kappa shape index (κ2) is 5.76. The van der Waals surface area contributed by atoms with Gasteiger partial charge < -0.3 is 21.9 Å². The van der Waals surface area contributed by atoms with Crippen LogP contribution in [-0.2, 0) is 0 Å². The van der Waals surface area contributed by atoms with Crippen molar-refractivity contribution in [3.05, 3.63) is 35.9 Å². The van der Waals surface area contributed by atoms with Gasteiger partial charge in [0, 0.05) is 24.8 Å². The summed E-state index contributed by atoms with van der Waals surface area (Å²) in [5, 5.41) is 0. The van der Waals surface area contributed by atoms with Crippen molar-refractivity contribution in [1.82, 2.24) is 0 Å². The smallest absolute Gasteiger partial charge is 0.216 e. The number of hydrogen-bond acceptors (Lipinski definition) is 1. The van der Waals surface area contributed by atoms with E-state index in [1.165, 1.54) is 32.1 Å². The van der Waals surface area contributed by atoms with Crippen LogP contribution in [-0.4, -0.2) is 23.9 Å². The normalized spacial score (nSPS) is 32.7. The molecule has 2 nitrogen and oxygen atoms in total. The van der Waals surface area contributed by atoms with Crippen molar-refractivity contribution < 1.29 is 26.7 Å². The molecule has 2 bridgehead atoms. The van der Waals surface area contributed by atoms with Crippen LogP contribution in [0.3, 0.4) is 0 Å². The molecule has 0 radical (unpaired) electrons. The minimum absolute atomic E-state index is 0. The predicted molar refractivity (Wildman–Crippen MR) is 71.9 cm³/mol. The number of fused-ring (bicyclic) bond motifs is 2. The Balaban J connectivity index is 0.00000133. The molecular formula is C16H22BrNO. The Labute approximate surface area is 126 Å². The van der Waals surface area contributed by atoms with Gasteiger partial charge in [0.25, 0.3) is 0 Å². The first-order chi connectivity index (χ1) is 8.69. The van der Waals surface area contributed by atoms with Gasteiger partial charge in [-0.3, -0.25) is 4.79 Å². The van der Waals surface area contributed by atoms with Crippen LogP contribution in [0.25, 0.3) is 0 Å². The lowest BCUT2D eigenvalue weighted by molar-refractivity contribution is -0.957. The number of halogens is 1. The zero-order valence-electron chi connectivity index (χ0n) is 11.5. The summed E-state index contributed by atoms with van der Waals surface area (Å²) in [6.07, 6.45) is 6.57. The van der Waals surface area contributed by atoms with Crippen LogP contribution in [0, 0.1) is 0 Å². The maximum atomic E-state index is 12.4. The second-order valence-corrected chi connectivity index (χ2v) is 6.18. The van der Waals surface area contributed by atoms with Crippen molar-refractivity contribution in [2.45, 2.75) is 50.6 Å². The topological polar surface area (TPSA) is 21.5 Å². The summed E-state index contributed by atoms with van der Waals surface area (Å²) < 4.78 is 0. The highest BCUT2D eigenvalue weighted by atomic mass is 79.9. The monoisotopic (exact) mass is 323 g/mol. The molecule has 0 spiro atoms. The molecule has 0 aromatic heterocycles. The fourth-order valence-corrected chi connectivity index (χ4v) is 3.92. The molecule has 2 fully saturated rings. The number of carbonyl (C=O) groups excluding carboxylic acids is 1. The molecule has 3 rings (SSSR count). The van der Waals surface area contributed by atoms with Crippen LogP contribution in [0.4, 0.5) is 0 Å². The standard InChI is InChI=1S/C16H21NO.BrH/c1-16-10-5-8-14(9-11-16)17(16)12-15(18)13-6-3-2-4-7-13;/h2-4,6-7,14H,5,8-12H2,1H3;1H. The van der Waals surface area contributed by atoms with Gasteiger partial charge in [-0.2, -0.15) is 0 Å². The van der Waals surface area contributed by atoms with Crippen LogP contribution >= 0.6 is 0 Å². The van der Waals surface area contributed by atoms with E-state index in [1.54, 1.807) is 4.90 Å². The minimum Gasteiger partial charge on any atom is -1.00 e. The molecule has 0 saturated carbocycles. The van der Waals surface area contributed by atoms with Gasteiger partial charge in [0.1, 0.15) is 6.54 Å². The van der Waals surface area contributed by atoms with Crippen LogP contribution < -0.4 is 21.9 Å². The third-order valence-corrected chi connectivity index (χ3v) is 5.04. The molecule has 104 valence electrons. The van der Waals surface area contributed by atoms with Crippen molar-refractivity contribution in [1.29, 1.82) is 0 Å². The Hall–Kier alpha value is -0.670. The molecule has 2 saturated heterocycles. The van der Waals surface area contributed by atoms with E-state index >= 15 is 0 Å². The molecule has 1 aromatic rings. The van der Waals surface area contributed by atoms with Crippen molar-refractivity contribution >= 4 is 5.78 Å². The molecule has 2 heterocycles. The van der Waals surface area contributed by atoms with E-state index in [9.17, 15) is 4.79 Å². The molecule has 3 unspecified atom stereocenters. The summed E-state index contributed by atoms with van der Waals surface area (Å²) in [5.41, 5.74) is 1.24. The van der Waals surface area contributed by atoms with Crippen LogP contribution in [0.15, 0.2) is 30.3 Å². The SMILES string of the molecule is CC12CCCC(CC1)[NH+]2CC(=O)c1ccccc1.[Br-]. The number of benzene rings is 1. The van der Waals surface area contributed by atoms with E-state index in [-0.39, 0.29) is 17.0 Å². The number of nitrogens with one attached hydrogen (secondary N) is 1. The van der Waals surface area contributed by atoms with Crippen molar-refractivity contribution in [3.8, 4) is 0 Å². The van der Waals surface area contributed by atoms with E-state index in [2.05, 4.69) is 6.92 Å². The zero-order chi connectivity index (χ0) is 12.6. The third-order valence-electron chi connectivity index (χ3n) is 5.04. The van der Waals surface area contributed by atoms with Gasteiger partial charge in [0.05, 0.1) is 11.6 Å². The highest BCUT2D eigenvalue weighted by Crippen LogP contribution is 2.30. The van der Waals surface area contributed by atoms with Gasteiger partial charge in [-0.25, -0.2) is 0 Å². The van der Waals surface area contributed by atoms with Crippen molar-refractivity contribution in [3.63, 3.8) is 0 Å². The lowest BCUT2D eigenvalue weighted by Gasteiger charge is -2.39. The maximum Gasteiger partial charge on any atom is 0.216 e. The number of rotatable bonds is 3. The fourth-order valence-electron chi connectivity index (χ4n) is 3.92. The minimum atomic E-state index is 0. The van der Waals surface area contributed by atoms with Crippen molar-refractivity contribution in [2.24, 2.45) is 0 Å². The lowest BCUT2D eigenvalue weighted by Crippen LogP contribution is -3.22. The second-order valence-electron chi connectivity index (χ2n) is 6.18. The van der Waals surface area contributed by atoms with Gasteiger partial charge in [-0.15, -0.1) is 0 Å². The van der Waals surface area contributed by atoms with Gasteiger partial charge in [-0.1, -0.05) is 30.3 Å². The quantitative estimate of drug-likeness (QED) is 0.698. The van der Waals surface area contributed by atoms with Crippen LogP contribution in [0.1, 0.15) is 49.4 Å². The summed E-state index contributed by atoms with van der Waals surface area (Å²) in [5.74, 6) is 0.311. The van der Waals surface area contributed by atoms with E-state index in [0.717, 1.165) is 11.6 Å².